The van der Waals surface area contributed by atoms with E-state index in [1.807, 2.05) is 25.3 Å². The number of hydrogen-bond donors (Lipinski definition) is 1. The number of aromatic nitrogens is 2. The van der Waals surface area contributed by atoms with Crippen LogP contribution in [-0.2, 0) is 4.74 Å². The zero-order valence-electron chi connectivity index (χ0n) is 11.8. The second kappa shape index (κ2) is 5.25. The summed E-state index contributed by atoms with van der Waals surface area (Å²) in [6.45, 7) is 4.04. The molecule has 0 saturated carbocycles. The van der Waals surface area contributed by atoms with Crippen molar-refractivity contribution in [3.8, 4) is 0 Å². The third-order valence-corrected chi connectivity index (χ3v) is 3.90. The van der Waals surface area contributed by atoms with Crippen LogP contribution in [0.15, 0.2) is 18.3 Å². The number of esters is 1. The van der Waals surface area contributed by atoms with Crippen LogP contribution in [0.1, 0.15) is 40.6 Å². The lowest BCUT2D eigenvalue weighted by Gasteiger charge is -2.21. The summed E-state index contributed by atoms with van der Waals surface area (Å²) in [6, 6.07) is 3.94. The van der Waals surface area contributed by atoms with Crippen molar-refractivity contribution in [1.82, 2.24) is 14.7 Å². The third kappa shape index (κ3) is 2.18. The fraction of sp³-hybridized carbons (Fsp3) is 0.467. The summed E-state index contributed by atoms with van der Waals surface area (Å²) in [5, 5.41) is 3.36. The molecular formula is C15H19N3O2. The molecule has 0 spiro atoms. The van der Waals surface area contributed by atoms with Gasteiger partial charge in [0.15, 0.2) is 5.69 Å². The van der Waals surface area contributed by atoms with Gasteiger partial charge in [0.25, 0.3) is 0 Å². The summed E-state index contributed by atoms with van der Waals surface area (Å²) < 4.78 is 6.90. The fourth-order valence-corrected chi connectivity index (χ4v) is 2.83. The Morgan fingerprint density at radius 2 is 2.15 bits per heavy atom. The standard InChI is InChI=1S/C15H19N3O2/c1-10-3-4-12-13(15(19)20-2)17-14(18(12)9-10)11-5-7-16-8-6-11/h3-4,9,11,16H,5-8H2,1-2H3. The van der Waals surface area contributed by atoms with Crippen LogP contribution in [0.4, 0.5) is 0 Å². The molecule has 3 heterocycles. The SMILES string of the molecule is COC(=O)c1nc(C2CCNCC2)n2cc(C)ccc12. The lowest BCUT2D eigenvalue weighted by atomic mass is 9.97. The monoisotopic (exact) mass is 273 g/mol. The van der Waals surface area contributed by atoms with Gasteiger partial charge >= 0.3 is 5.97 Å². The fourth-order valence-electron chi connectivity index (χ4n) is 2.83. The molecule has 20 heavy (non-hydrogen) atoms. The number of fused-ring (bicyclic) bond motifs is 1. The van der Waals surface area contributed by atoms with Crippen LogP contribution in [0.2, 0.25) is 0 Å². The highest BCUT2D eigenvalue weighted by molar-refractivity contribution is 5.95. The number of nitrogens with zero attached hydrogens (tertiary/aromatic N) is 2. The van der Waals surface area contributed by atoms with E-state index in [1.54, 1.807) is 0 Å². The first-order chi connectivity index (χ1) is 9.70. The van der Waals surface area contributed by atoms with Gasteiger partial charge in [0.05, 0.1) is 12.6 Å². The van der Waals surface area contributed by atoms with Gasteiger partial charge in [-0.3, -0.25) is 0 Å². The van der Waals surface area contributed by atoms with E-state index >= 15 is 0 Å². The van der Waals surface area contributed by atoms with E-state index in [1.165, 1.54) is 7.11 Å². The Morgan fingerprint density at radius 3 is 2.85 bits per heavy atom. The molecule has 1 saturated heterocycles. The lowest BCUT2D eigenvalue weighted by molar-refractivity contribution is 0.0596. The first kappa shape index (κ1) is 13.1. The first-order valence-electron chi connectivity index (χ1n) is 6.98. The van der Waals surface area contributed by atoms with E-state index in [4.69, 9.17) is 4.74 Å². The van der Waals surface area contributed by atoms with Crippen LogP contribution in [0, 0.1) is 6.92 Å². The predicted molar refractivity (Wildman–Crippen MR) is 76.1 cm³/mol. The van der Waals surface area contributed by atoms with Gasteiger partial charge in [-0.25, -0.2) is 9.78 Å². The molecule has 106 valence electrons. The summed E-state index contributed by atoms with van der Waals surface area (Å²) in [6.07, 6.45) is 4.15. The van der Waals surface area contributed by atoms with Crippen molar-refractivity contribution in [2.45, 2.75) is 25.7 Å². The van der Waals surface area contributed by atoms with E-state index in [0.717, 1.165) is 42.8 Å². The minimum atomic E-state index is -0.369. The van der Waals surface area contributed by atoms with Crippen molar-refractivity contribution in [3.63, 3.8) is 0 Å². The number of carbonyl (C=O) groups excluding carboxylic acids is 1. The highest BCUT2D eigenvalue weighted by atomic mass is 16.5. The molecule has 5 heteroatoms. The lowest BCUT2D eigenvalue weighted by Crippen LogP contribution is -2.27. The van der Waals surface area contributed by atoms with E-state index in [-0.39, 0.29) is 5.97 Å². The molecule has 0 radical (unpaired) electrons. The normalized spacial score (nSPS) is 16.5. The molecule has 0 aliphatic carbocycles. The molecule has 1 N–H and O–H groups in total. The van der Waals surface area contributed by atoms with Crippen molar-refractivity contribution in [1.29, 1.82) is 0 Å². The highest BCUT2D eigenvalue weighted by Crippen LogP contribution is 2.27. The van der Waals surface area contributed by atoms with Gasteiger partial charge in [0, 0.05) is 12.1 Å². The van der Waals surface area contributed by atoms with Crippen LogP contribution in [0.25, 0.3) is 5.52 Å². The summed E-state index contributed by atoms with van der Waals surface area (Å²) in [7, 11) is 1.39. The number of ether oxygens (including phenoxy) is 1. The van der Waals surface area contributed by atoms with Crippen molar-refractivity contribution in [2.24, 2.45) is 0 Å². The first-order valence-corrected chi connectivity index (χ1v) is 6.98. The number of carbonyl (C=O) groups is 1. The van der Waals surface area contributed by atoms with Gasteiger partial charge in [0.1, 0.15) is 5.82 Å². The Bertz CT molecular complexity index is 642. The van der Waals surface area contributed by atoms with E-state index in [2.05, 4.69) is 14.7 Å². The number of aryl methyl sites for hydroxylation is 1. The number of rotatable bonds is 2. The van der Waals surface area contributed by atoms with Gasteiger partial charge in [-0.15, -0.1) is 0 Å². The molecular weight excluding hydrogens is 254 g/mol. The van der Waals surface area contributed by atoms with E-state index in [0.29, 0.717) is 11.6 Å². The van der Waals surface area contributed by atoms with Crippen LogP contribution < -0.4 is 5.32 Å². The van der Waals surface area contributed by atoms with Gasteiger partial charge in [-0.05, 0) is 44.5 Å². The van der Waals surface area contributed by atoms with Crippen molar-refractivity contribution < 1.29 is 9.53 Å². The maximum atomic E-state index is 11.9. The number of piperidine rings is 1. The van der Waals surface area contributed by atoms with Crippen LogP contribution in [-0.4, -0.2) is 35.6 Å². The largest absolute Gasteiger partial charge is 0.464 e. The molecule has 0 bridgehead atoms. The van der Waals surface area contributed by atoms with Crippen LogP contribution in [0.3, 0.4) is 0 Å². The van der Waals surface area contributed by atoms with Crippen LogP contribution >= 0.6 is 0 Å². The maximum absolute atomic E-state index is 11.9. The third-order valence-electron chi connectivity index (χ3n) is 3.90. The number of nitrogens with one attached hydrogen (secondary N) is 1. The highest BCUT2D eigenvalue weighted by Gasteiger charge is 2.24. The summed E-state index contributed by atoms with van der Waals surface area (Å²) in [4.78, 5) is 16.5. The van der Waals surface area contributed by atoms with Gasteiger partial charge in [-0.1, -0.05) is 6.07 Å². The molecule has 1 aliphatic heterocycles. The molecule has 0 aromatic carbocycles. The summed E-state index contributed by atoms with van der Waals surface area (Å²) >= 11 is 0. The quantitative estimate of drug-likeness (QED) is 0.849. The van der Waals surface area contributed by atoms with Gasteiger partial charge in [0.2, 0.25) is 0 Å². The average molecular weight is 273 g/mol. The van der Waals surface area contributed by atoms with E-state index in [9.17, 15) is 4.79 Å². The minimum Gasteiger partial charge on any atom is -0.464 e. The number of hydrogen-bond acceptors (Lipinski definition) is 4. The molecule has 0 atom stereocenters. The van der Waals surface area contributed by atoms with Crippen molar-refractivity contribution >= 4 is 11.5 Å². The Balaban J connectivity index is 2.15. The minimum absolute atomic E-state index is 0.369. The maximum Gasteiger partial charge on any atom is 0.358 e. The molecule has 3 rings (SSSR count). The van der Waals surface area contributed by atoms with Gasteiger partial charge < -0.3 is 14.5 Å². The second-order valence-corrected chi connectivity index (χ2v) is 5.30. The van der Waals surface area contributed by atoms with Gasteiger partial charge in [-0.2, -0.15) is 0 Å². The molecule has 5 nitrogen and oxygen atoms in total. The molecule has 0 amide bonds. The number of pyridine rings is 1. The Hall–Kier alpha value is -1.88. The van der Waals surface area contributed by atoms with Crippen LogP contribution in [0.5, 0.6) is 0 Å². The Kier molecular flexibility index (Phi) is 3.44. The predicted octanol–water partition coefficient (Wildman–Crippen LogP) is 1.90. The molecule has 1 aliphatic rings. The Morgan fingerprint density at radius 1 is 1.40 bits per heavy atom. The average Bonchev–Trinajstić information content (AvgIpc) is 2.86. The number of methoxy groups -OCH3 is 1. The summed E-state index contributed by atoms with van der Waals surface area (Å²) in [5.41, 5.74) is 2.40. The van der Waals surface area contributed by atoms with E-state index < -0.39 is 0 Å². The molecule has 1 fully saturated rings. The summed E-state index contributed by atoms with van der Waals surface area (Å²) in [5.74, 6) is 1.00. The second-order valence-electron chi connectivity index (χ2n) is 5.30. The molecule has 2 aromatic rings. The zero-order chi connectivity index (χ0) is 14.1. The zero-order valence-corrected chi connectivity index (χ0v) is 11.8. The van der Waals surface area contributed by atoms with Crippen molar-refractivity contribution in [2.75, 3.05) is 20.2 Å². The Labute approximate surface area is 118 Å². The smallest absolute Gasteiger partial charge is 0.358 e. The number of imidazole rings is 1. The van der Waals surface area contributed by atoms with Crippen molar-refractivity contribution in [3.05, 3.63) is 35.4 Å². The topological polar surface area (TPSA) is 55.6 Å². The molecule has 0 unspecified atom stereocenters. The molecule has 2 aromatic heterocycles.